The molecular weight excluding hydrogens is 477 g/mol. The van der Waals surface area contributed by atoms with Crippen molar-refractivity contribution in [3.63, 3.8) is 0 Å². The Balaban J connectivity index is 0.000000300. The fourth-order valence-electron chi connectivity index (χ4n) is 2.09. The molecule has 0 aliphatic heterocycles. The molecule has 3 nitrogen and oxygen atoms in total. The maximum absolute atomic E-state index is 10.7. The van der Waals surface area contributed by atoms with Gasteiger partial charge in [-0.3, -0.25) is 0 Å². The molecule has 0 aliphatic carbocycles. The van der Waals surface area contributed by atoms with Gasteiger partial charge in [-0.1, -0.05) is 52.3 Å². The lowest BCUT2D eigenvalue weighted by Gasteiger charge is -2.08. The Hall–Kier alpha value is -1.81. The average molecular weight is 491 g/mol. The Morgan fingerprint density at radius 1 is 0.714 bits per heavy atom. The van der Waals surface area contributed by atoms with Crippen molar-refractivity contribution >= 4 is 36.9 Å². The Kier molecular flexibility index (Phi) is 7.70. The van der Waals surface area contributed by atoms with Gasteiger partial charge >= 0.3 is 5.51 Å². The van der Waals surface area contributed by atoms with Crippen LogP contribution in [-0.4, -0.2) is 18.5 Å². The summed E-state index contributed by atoms with van der Waals surface area (Å²) in [6.07, 6.45) is 0. The van der Waals surface area contributed by atoms with E-state index in [1.807, 2.05) is 0 Å². The SMILES string of the molecule is Brc1ccc([S+](c2ccccc2)c2ccccc2)cc1.O=S(=O)([O-])C(F)(F)F. The van der Waals surface area contributed by atoms with E-state index in [1.165, 1.54) is 14.7 Å². The van der Waals surface area contributed by atoms with Crippen LogP contribution in [0.3, 0.4) is 0 Å². The van der Waals surface area contributed by atoms with Crippen LogP contribution in [0.1, 0.15) is 0 Å². The maximum Gasteiger partial charge on any atom is 0.485 e. The normalized spacial score (nSPS) is 11.6. The van der Waals surface area contributed by atoms with Gasteiger partial charge in [0.2, 0.25) is 0 Å². The van der Waals surface area contributed by atoms with Crippen molar-refractivity contribution in [3.05, 3.63) is 89.4 Å². The molecule has 0 atom stereocenters. The molecule has 0 heterocycles. The highest BCUT2D eigenvalue weighted by Crippen LogP contribution is 2.31. The number of hydrogen-bond acceptors (Lipinski definition) is 3. The third-order valence-corrected chi connectivity index (χ3v) is 6.62. The van der Waals surface area contributed by atoms with Crippen LogP contribution in [0.2, 0.25) is 0 Å². The standard InChI is InChI=1S/C18H14BrS.CHF3O3S/c19-15-11-13-18(14-12-15)20(16-7-3-1-4-8-16)17-9-5-2-6-10-17;2-1(3,4)8(5,6)7/h1-14H;(H,5,6,7)/q+1;/p-1. The molecule has 3 rings (SSSR count). The zero-order chi connectivity index (χ0) is 20.8. The lowest BCUT2D eigenvalue weighted by Crippen LogP contribution is -2.21. The molecule has 0 saturated heterocycles. The van der Waals surface area contributed by atoms with Gasteiger partial charge in [-0.15, -0.1) is 0 Å². The smallest absolute Gasteiger partial charge is 0.485 e. The van der Waals surface area contributed by atoms with E-state index in [1.54, 1.807) is 0 Å². The van der Waals surface area contributed by atoms with Crippen LogP contribution < -0.4 is 0 Å². The molecule has 148 valence electrons. The van der Waals surface area contributed by atoms with Gasteiger partial charge in [0.1, 0.15) is 0 Å². The molecule has 0 spiro atoms. The zero-order valence-corrected chi connectivity index (χ0v) is 17.4. The minimum Gasteiger partial charge on any atom is -0.741 e. The van der Waals surface area contributed by atoms with Crippen molar-refractivity contribution < 1.29 is 26.1 Å². The Morgan fingerprint density at radius 2 is 1.04 bits per heavy atom. The predicted octanol–water partition coefficient (Wildman–Crippen LogP) is 5.60. The minimum atomic E-state index is -6.09. The first-order valence-electron chi connectivity index (χ1n) is 7.72. The predicted molar refractivity (Wildman–Crippen MR) is 105 cm³/mol. The van der Waals surface area contributed by atoms with Crippen LogP contribution >= 0.6 is 15.9 Å². The second kappa shape index (κ2) is 9.60. The van der Waals surface area contributed by atoms with E-state index < -0.39 is 15.6 Å². The minimum absolute atomic E-state index is 0.0437. The van der Waals surface area contributed by atoms with Gasteiger partial charge in [-0.2, -0.15) is 13.2 Å². The van der Waals surface area contributed by atoms with Crippen LogP contribution in [0.25, 0.3) is 0 Å². The molecule has 0 N–H and O–H groups in total. The molecule has 0 bridgehead atoms. The number of halogens is 4. The molecule has 0 fully saturated rings. The monoisotopic (exact) mass is 490 g/mol. The molecule has 0 unspecified atom stereocenters. The summed E-state index contributed by atoms with van der Waals surface area (Å²) in [6, 6.07) is 30.0. The quantitative estimate of drug-likeness (QED) is 0.273. The van der Waals surface area contributed by atoms with E-state index in [4.69, 9.17) is 13.0 Å². The summed E-state index contributed by atoms with van der Waals surface area (Å²) < 4.78 is 60.0. The highest BCUT2D eigenvalue weighted by atomic mass is 79.9. The van der Waals surface area contributed by atoms with Gasteiger partial charge in [-0.25, -0.2) is 8.42 Å². The lowest BCUT2D eigenvalue weighted by molar-refractivity contribution is -0.0517. The Labute approximate surface area is 172 Å². The van der Waals surface area contributed by atoms with Gasteiger partial charge in [0.25, 0.3) is 0 Å². The van der Waals surface area contributed by atoms with E-state index >= 15 is 0 Å². The van der Waals surface area contributed by atoms with Crippen molar-refractivity contribution in [1.82, 2.24) is 0 Å². The zero-order valence-electron chi connectivity index (χ0n) is 14.1. The van der Waals surface area contributed by atoms with Crippen molar-refractivity contribution in [3.8, 4) is 0 Å². The van der Waals surface area contributed by atoms with Crippen LogP contribution in [0, 0.1) is 0 Å². The number of alkyl halides is 3. The van der Waals surface area contributed by atoms with E-state index in [-0.39, 0.29) is 10.9 Å². The summed E-state index contributed by atoms with van der Waals surface area (Å²) in [5.41, 5.74) is -5.65. The Morgan fingerprint density at radius 3 is 1.36 bits per heavy atom. The van der Waals surface area contributed by atoms with Gasteiger partial charge in [0.05, 0.1) is 10.9 Å². The summed E-state index contributed by atoms with van der Waals surface area (Å²) in [4.78, 5) is 4.03. The second-order valence-corrected chi connectivity index (χ2v) is 9.60. The first-order valence-corrected chi connectivity index (χ1v) is 11.1. The topological polar surface area (TPSA) is 57.2 Å². The van der Waals surface area contributed by atoms with Crippen LogP contribution in [0.4, 0.5) is 13.2 Å². The third-order valence-electron chi connectivity index (χ3n) is 3.29. The average Bonchev–Trinajstić information content (AvgIpc) is 2.64. The van der Waals surface area contributed by atoms with Gasteiger partial charge in [-0.05, 0) is 48.5 Å². The van der Waals surface area contributed by atoms with Crippen molar-refractivity contribution in [2.45, 2.75) is 20.2 Å². The summed E-state index contributed by atoms with van der Waals surface area (Å²) in [5, 5.41) is 0. The summed E-state index contributed by atoms with van der Waals surface area (Å²) in [7, 11) is -6.13. The van der Waals surface area contributed by atoms with Crippen molar-refractivity contribution in [2.75, 3.05) is 0 Å². The molecule has 28 heavy (non-hydrogen) atoms. The first kappa shape index (κ1) is 22.5. The molecule has 0 radical (unpaired) electrons. The highest BCUT2D eigenvalue weighted by Gasteiger charge is 2.36. The van der Waals surface area contributed by atoms with Crippen molar-refractivity contribution in [1.29, 1.82) is 0 Å². The van der Waals surface area contributed by atoms with E-state index in [0.29, 0.717) is 0 Å². The summed E-state index contributed by atoms with van der Waals surface area (Å²) >= 11 is 3.51. The molecule has 3 aromatic rings. The van der Waals surface area contributed by atoms with Gasteiger partial charge in [0.15, 0.2) is 24.8 Å². The highest BCUT2D eigenvalue weighted by molar-refractivity contribution is 9.10. The van der Waals surface area contributed by atoms with Gasteiger partial charge in [0, 0.05) is 4.47 Å². The summed E-state index contributed by atoms with van der Waals surface area (Å²) in [6.45, 7) is 0. The Bertz CT molecular complexity index is 939. The second-order valence-electron chi connectivity index (χ2n) is 5.29. The number of rotatable bonds is 3. The largest absolute Gasteiger partial charge is 0.741 e. The molecule has 0 aliphatic rings. The molecule has 0 saturated carbocycles. The first-order chi connectivity index (χ1) is 13.1. The fourth-order valence-corrected chi connectivity index (χ4v) is 4.44. The number of benzene rings is 3. The maximum atomic E-state index is 10.7. The molecule has 9 heteroatoms. The van der Waals surface area contributed by atoms with E-state index in [9.17, 15) is 13.2 Å². The molecule has 3 aromatic carbocycles. The van der Waals surface area contributed by atoms with E-state index in [2.05, 4.69) is 101 Å². The molecule has 0 amide bonds. The lowest BCUT2D eigenvalue weighted by atomic mass is 10.4. The van der Waals surface area contributed by atoms with Crippen LogP contribution in [-0.2, 0) is 21.0 Å². The van der Waals surface area contributed by atoms with E-state index in [0.717, 1.165) is 4.47 Å². The van der Waals surface area contributed by atoms with Crippen LogP contribution in [0.15, 0.2) is 104 Å². The van der Waals surface area contributed by atoms with Crippen molar-refractivity contribution in [2.24, 2.45) is 0 Å². The van der Waals surface area contributed by atoms with Crippen LogP contribution in [0.5, 0.6) is 0 Å². The third kappa shape index (κ3) is 6.37. The summed E-state index contributed by atoms with van der Waals surface area (Å²) in [5.74, 6) is 0. The molecular formula is C19H14BrF3O3S2. The molecule has 0 aromatic heterocycles. The number of hydrogen-bond donors (Lipinski definition) is 0. The van der Waals surface area contributed by atoms with Gasteiger partial charge < -0.3 is 4.55 Å². The fraction of sp³-hybridized carbons (Fsp3) is 0.0526.